The number of ether oxygens (including phenoxy) is 1. The van der Waals surface area contributed by atoms with Crippen molar-refractivity contribution in [1.29, 1.82) is 0 Å². The summed E-state index contributed by atoms with van der Waals surface area (Å²) in [6.45, 7) is -0.0522. The highest BCUT2D eigenvalue weighted by atomic mass is 19.1. The highest BCUT2D eigenvalue weighted by molar-refractivity contribution is 6.02. The number of carbonyl (C=O) groups is 2. The van der Waals surface area contributed by atoms with Crippen LogP contribution in [0.15, 0.2) is 0 Å². The van der Waals surface area contributed by atoms with E-state index in [4.69, 9.17) is 0 Å². The largest absolute Gasteiger partial charge is 0.463 e. The summed E-state index contributed by atoms with van der Waals surface area (Å²) in [5.74, 6) is -2.72. The standard InChI is InChI=1S/C6H8F2O3/c1-2-11-6(10)5(8)4(9)3-7/h5H,2-3H2,1H3. The van der Waals surface area contributed by atoms with Gasteiger partial charge in [-0.05, 0) is 6.92 Å². The molecule has 0 aliphatic carbocycles. The van der Waals surface area contributed by atoms with Crippen molar-refractivity contribution in [2.24, 2.45) is 0 Å². The summed E-state index contributed by atoms with van der Waals surface area (Å²) in [5, 5.41) is 0. The van der Waals surface area contributed by atoms with E-state index in [0.717, 1.165) is 0 Å². The molecule has 3 nitrogen and oxygen atoms in total. The van der Waals surface area contributed by atoms with Gasteiger partial charge in [-0.1, -0.05) is 0 Å². The number of ketones is 1. The van der Waals surface area contributed by atoms with Crippen molar-refractivity contribution in [3.8, 4) is 0 Å². The Morgan fingerprint density at radius 1 is 1.55 bits per heavy atom. The minimum absolute atomic E-state index is 0.0289. The molecule has 0 heterocycles. The Morgan fingerprint density at radius 2 is 2.09 bits per heavy atom. The van der Waals surface area contributed by atoms with Crippen LogP contribution in [0, 0.1) is 0 Å². The third-order valence-corrected chi connectivity index (χ3v) is 0.908. The maximum absolute atomic E-state index is 12.3. The van der Waals surface area contributed by atoms with Gasteiger partial charge in [0.25, 0.3) is 6.17 Å². The first-order valence-corrected chi connectivity index (χ1v) is 3.02. The monoisotopic (exact) mass is 166 g/mol. The van der Waals surface area contributed by atoms with E-state index in [1.807, 2.05) is 0 Å². The molecule has 0 saturated carbocycles. The van der Waals surface area contributed by atoms with Gasteiger partial charge in [0.05, 0.1) is 6.61 Å². The summed E-state index contributed by atoms with van der Waals surface area (Å²) < 4.78 is 27.9. The molecule has 0 spiro atoms. The molecule has 0 amide bonds. The molecule has 1 unspecified atom stereocenters. The fraction of sp³-hybridized carbons (Fsp3) is 0.667. The van der Waals surface area contributed by atoms with Crippen LogP contribution in [-0.2, 0) is 14.3 Å². The Kier molecular flexibility index (Phi) is 4.33. The number of halogens is 2. The van der Waals surface area contributed by atoms with E-state index in [1.54, 1.807) is 0 Å². The SMILES string of the molecule is CCOC(=O)C(F)C(=O)CF. The average molecular weight is 166 g/mol. The molecule has 0 aromatic rings. The van der Waals surface area contributed by atoms with Crippen LogP contribution in [0.5, 0.6) is 0 Å². The molecule has 1 atom stereocenters. The predicted octanol–water partition coefficient (Wildman–Crippen LogP) is 0.426. The molecule has 0 aromatic carbocycles. The van der Waals surface area contributed by atoms with Crippen LogP contribution >= 0.6 is 0 Å². The van der Waals surface area contributed by atoms with Crippen LogP contribution in [0.4, 0.5) is 8.78 Å². The predicted molar refractivity (Wildman–Crippen MR) is 32.5 cm³/mol. The van der Waals surface area contributed by atoms with Gasteiger partial charge in [-0.25, -0.2) is 13.6 Å². The summed E-state index contributed by atoms with van der Waals surface area (Å²) >= 11 is 0. The molecule has 0 rings (SSSR count). The first kappa shape index (κ1) is 10.0. The van der Waals surface area contributed by atoms with Crippen molar-refractivity contribution < 1.29 is 23.1 Å². The van der Waals surface area contributed by atoms with Crippen LogP contribution in [0.2, 0.25) is 0 Å². The molecule has 0 saturated heterocycles. The van der Waals surface area contributed by atoms with E-state index < -0.39 is 24.6 Å². The smallest absolute Gasteiger partial charge is 0.348 e. The molecule has 11 heavy (non-hydrogen) atoms. The van der Waals surface area contributed by atoms with Gasteiger partial charge in [0, 0.05) is 0 Å². The number of esters is 1. The zero-order valence-corrected chi connectivity index (χ0v) is 5.97. The lowest BCUT2D eigenvalue weighted by atomic mass is 10.3. The fourth-order valence-electron chi connectivity index (χ4n) is 0.415. The highest BCUT2D eigenvalue weighted by Crippen LogP contribution is 1.97. The van der Waals surface area contributed by atoms with Crippen LogP contribution in [-0.4, -0.2) is 31.2 Å². The maximum Gasteiger partial charge on any atom is 0.348 e. The summed E-state index contributed by atoms with van der Waals surface area (Å²) in [4.78, 5) is 20.5. The third kappa shape index (κ3) is 3.06. The Morgan fingerprint density at radius 3 is 2.45 bits per heavy atom. The second-order valence-corrected chi connectivity index (χ2v) is 1.71. The molecule has 0 aliphatic rings. The van der Waals surface area contributed by atoms with Crippen molar-refractivity contribution in [3.63, 3.8) is 0 Å². The molecular formula is C6H8F2O3. The first-order chi connectivity index (χ1) is 5.13. The van der Waals surface area contributed by atoms with Gasteiger partial charge in [0.1, 0.15) is 0 Å². The molecule has 64 valence electrons. The number of alkyl halides is 2. The number of hydrogen-bond donors (Lipinski definition) is 0. The quantitative estimate of drug-likeness (QED) is 0.449. The van der Waals surface area contributed by atoms with Gasteiger partial charge in [0.2, 0.25) is 5.78 Å². The molecule has 0 bridgehead atoms. The lowest BCUT2D eigenvalue weighted by Gasteiger charge is -2.02. The Hall–Kier alpha value is -1.00. The van der Waals surface area contributed by atoms with E-state index in [0.29, 0.717) is 0 Å². The molecule has 0 fully saturated rings. The molecule has 0 N–H and O–H groups in total. The number of hydrogen-bond acceptors (Lipinski definition) is 3. The van der Waals surface area contributed by atoms with E-state index in [-0.39, 0.29) is 6.61 Å². The van der Waals surface area contributed by atoms with Crippen LogP contribution in [0.25, 0.3) is 0 Å². The van der Waals surface area contributed by atoms with Crippen molar-refractivity contribution in [1.82, 2.24) is 0 Å². The van der Waals surface area contributed by atoms with E-state index >= 15 is 0 Å². The van der Waals surface area contributed by atoms with Crippen molar-refractivity contribution in [3.05, 3.63) is 0 Å². The average Bonchev–Trinajstić information content (AvgIpc) is 2.02. The maximum atomic E-state index is 12.3. The van der Waals surface area contributed by atoms with E-state index in [9.17, 15) is 18.4 Å². The van der Waals surface area contributed by atoms with E-state index in [2.05, 4.69) is 4.74 Å². The van der Waals surface area contributed by atoms with Crippen LogP contribution in [0.1, 0.15) is 6.92 Å². The fourth-order valence-corrected chi connectivity index (χ4v) is 0.415. The summed E-state index contributed by atoms with van der Waals surface area (Å²) in [5.41, 5.74) is 0. The second kappa shape index (κ2) is 4.76. The lowest BCUT2D eigenvalue weighted by molar-refractivity contribution is -0.153. The lowest BCUT2D eigenvalue weighted by Crippen LogP contribution is -2.28. The summed E-state index contributed by atoms with van der Waals surface area (Å²) in [7, 11) is 0. The molecule has 0 radical (unpaired) electrons. The minimum atomic E-state index is -2.47. The Balaban J connectivity index is 3.91. The Bertz CT molecular complexity index is 158. The van der Waals surface area contributed by atoms with Crippen molar-refractivity contribution in [2.75, 3.05) is 13.3 Å². The van der Waals surface area contributed by atoms with Gasteiger partial charge in [-0.15, -0.1) is 0 Å². The Labute approximate surface area is 62.3 Å². The van der Waals surface area contributed by atoms with Gasteiger partial charge in [-0.2, -0.15) is 0 Å². The molecule has 0 aliphatic heterocycles. The van der Waals surface area contributed by atoms with Crippen LogP contribution < -0.4 is 0 Å². The molecule has 5 heteroatoms. The number of carbonyl (C=O) groups excluding carboxylic acids is 2. The second-order valence-electron chi connectivity index (χ2n) is 1.71. The van der Waals surface area contributed by atoms with Crippen molar-refractivity contribution in [2.45, 2.75) is 13.1 Å². The normalized spacial score (nSPS) is 12.3. The van der Waals surface area contributed by atoms with Gasteiger partial charge in [-0.3, -0.25) is 4.79 Å². The molecule has 0 aromatic heterocycles. The molecular weight excluding hydrogens is 158 g/mol. The minimum Gasteiger partial charge on any atom is -0.463 e. The third-order valence-electron chi connectivity index (χ3n) is 0.908. The van der Waals surface area contributed by atoms with Crippen molar-refractivity contribution >= 4 is 11.8 Å². The van der Waals surface area contributed by atoms with Gasteiger partial charge < -0.3 is 4.74 Å². The van der Waals surface area contributed by atoms with Gasteiger partial charge in [0.15, 0.2) is 6.67 Å². The highest BCUT2D eigenvalue weighted by Gasteiger charge is 2.26. The summed E-state index contributed by atoms with van der Waals surface area (Å²) in [6.07, 6.45) is -2.47. The van der Waals surface area contributed by atoms with Gasteiger partial charge >= 0.3 is 5.97 Å². The van der Waals surface area contributed by atoms with E-state index in [1.165, 1.54) is 6.92 Å². The zero-order valence-electron chi connectivity index (χ0n) is 5.97. The zero-order chi connectivity index (χ0) is 8.85. The first-order valence-electron chi connectivity index (χ1n) is 3.02. The van der Waals surface area contributed by atoms with Crippen LogP contribution in [0.3, 0.4) is 0 Å². The summed E-state index contributed by atoms with van der Waals surface area (Å²) in [6, 6.07) is 0. The number of rotatable bonds is 4. The number of Topliss-reactive ketones (excluding diaryl/α,β-unsaturated/α-hetero) is 1. The topological polar surface area (TPSA) is 43.4 Å².